The van der Waals surface area contributed by atoms with Crippen molar-refractivity contribution in [1.82, 2.24) is 19.9 Å². The maximum absolute atomic E-state index is 4.69. The number of nitrogens with one attached hydrogen (secondary N) is 1. The molecule has 3 aromatic carbocycles. The SMILES string of the molecule is C(=NNc1nc(-c2ccccc2)c2ccccc2n1)c1ccc2nccnc2c1. The largest absolute Gasteiger partial charge is 0.253 e. The Morgan fingerprint density at radius 2 is 1.52 bits per heavy atom. The predicted molar refractivity (Wildman–Crippen MR) is 116 cm³/mol. The van der Waals surface area contributed by atoms with Crippen molar-refractivity contribution in [2.45, 2.75) is 0 Å². The van der Waals surface area contributed by atoms with E-state index in [1.165, 1.54) is 0 Å². The van der Waals surface area contributed by atoms with Gasteiger partial charge in [0.1, 0.15) is 0 Å². The zero-order chi connectivity index (χ0) is 19.5. The number of benzene rings is 3. The number of aromatic nitrogens is 4. The highest BCUT2D eigenvalue weighted by Gasteiger charge is 2.09. The molecule has 0 spiro atoms. The molecule has 6 nitrogen and oxygen atoms in total. The Hall–Kier alpha value is -4.19. The Balaban J connectivity index is 1.47. The van der Waals surface area contributed by atoms with Gasteiger partial charge in [-0.2, -0.15) is 5.10 Å². The topological polar surface area (TPSA) is 76.0 Å². The van der Waals surface area contributed by atoms with Crippen LogP contribution < -0.4 is 5.43 Å². The fourth-order valence-electron chi connectivity index (χ4n) is 3.17. The second kappa shape index (κ2) is 7.44. The van der Waals surface area contributed by atoms with E-state index in [4.69, 9.17) is 4.98 Å². The highest BCUT2D eigenvalue weighted by Crippen LogP contribution is 2.26. The molecule has 0 aliphatic rings. The second-order valence-corrected chi connectivity index (χ2v) is 6.45. The van der Waals surface area contributed by atoms with Crippen molar-refractivity contribution in [3.05, 3.63) is 90.8 Å². The maximum Gasteiger partial charge on any atom is 0.244 e. The van der Waals surface area contributed by atoms with Gasteiger partial charge in [-0.3, -0.25) is 9.97 Å². The molecule has 5 rings (SSSR count). The number of anilines is 1. The van der Waals surface area contributed by atoms with Gasteiger partial charge in [0.15, 0.2) is 0 Å². The van der Waals surface area contributed by atoms with Crippen molar-refractivity contribution in [1.29, 1.82) is 0 Å². The van der Waals surface area contributed by atoms with Crippen molar-refractivity contribution in [3.63, 3.8) is 0 Å². The smallest absolute Gasteiger partial charge is 0.244 e. The van der Waals surface area contributed by atoms with Gasteiger partial charge >= 0.3 is 0 Å². The highest BCUT2D eigenvalue weighted by atomic mass is 15.3. The maximum atomic E-state index is 4.69. The van der Waals surface area contributed by atoms with Crippen LogP contribution in [0.5, 0.6) is 0 Å². The molecule has 6 heteroatoms. The molecule has 0 unspecified atom stereocenters. The molecular formula is C23H16N6. The molecule has 0 fully saturated rings. The molecule has 0 bridgehead atoms. The zero-order valence-corrected chi connectivity index (χ0v) is 15.4. The third-order valence-electron chi connectivity index (χ3n) is 4.52. The first kappa shape index (κ1) is 16.9. The van der Waals surface area contributed by atoms with Gasteiger partial charge in [0.25, 0.3) is 0 Å². The molecule has 0 aliphatic heterocycles. The van der Waals surface area contributed by atoms with Crippen LogP contribution in [0.2, 0.25) is 0 Å². The Bertz CT molecular complexity index is 1330. The summed E-state index contributed by atoms with van der Waals surface area (Å²) in [6, 6.07) is 23.8. The fraction of sp³-hybridized carbons (Fsp3) is 0. The lowest BCUT2D eigenvalue weighted by Gasteiger charge is -2.08. The average molecular weight is 376 g/mol. The monoisotopic (exact) mass is 376 g/mol. The summed E-state index contributed by atoms with van der Waals surface area (Å²) in [5.74, 6) is 0.444. The summed E-state index contributed by atoms with van der Waals surface area (Å²) in [5.41, 5.74) is 8.31. The molecule has 2 aromatic heterocycles. The van der Waals surface area contributed by atoms with Crippen LogP contribution in [-0.4, -0.2) is 26.2 Å². The molecular weight excluding hydrogens is 360 g/mol. The molecule has 0 amide bonds. The van der Waals surface area contributed by atoms with Crippen molar-refractivity contribution in [2.24, 2.45) is 5.10 Å². The van der Waals surface area contributed by atoms with E-state index < -0.39 is 0 Å². The Morgan fingerprint density at radius 1 is 0.724 bits per heavy atom. The molecule has 0 saturated heterocycles. The summed E-state index contributed by atoms with van der Waals surface area (Å²) in [7, 11) is 0. The van der Waals surface area contributed by atoms with E-state index in [2.05, 4.69) is 25.5 Å². The van der Waals surface area contributed by atoms with Crippen LogP contribution in [0, 0.1) is 0 Å². The number of para-hydroxylation sites is 1. The summed E-state index contributed by atoms with van der Waals surface area (Å²) in [6.07, 6.45) is 5.07. The standard InChI is InChI=1S/C23H16N6/c1-2-6-17(7-3-1)22-18-8-4-5-9-19(18)27-23(28-22)29-26-15-16-10-11-20-21(14-16)25-13-12-24-20/h1-15H,(H,27,28,29). The van der Waals surface area contributed by atoms with Gasteiger partial charge < -0.3 is 0 Å². The van der Waals surface area contributed by atoms with Gasteiger partial charge in [-0.25, -0.2) is 15.4 Å². The van der Waals surface area contributed by atoms with Crippen LogP contribution >= 0.6 is 0 Å². The van der Waals surface area contributed by atoms with Crippen LogP contribution in [0.3, 0.4) is 0 Å². The Kier molecular flexibility index (Phi) is 4.35. The summed E-state index contributed by atoms with van der Waals surface area (Å²) >= 11 is 0. The summed E-state index contributed by atoms with van der Waals surface area (Å²) in [5, 5.41) is 5.31. The summed E-state index contributed by atoms with van der Waals surface area (Å²) < 4.78 is 0. The lowest BCUT2D eigenvalue weighted by Crippen LogP contribution is -1.99. The summed E-state index contributed by atoms with van der Waals surface area (Å²) in [4.78, 5) is 17.9. The number of hydrazone groups is 1. The van der Waals surface area contributed by atoms with Crippen molar-refractivity contribution >= 4 is 34.1 Å². The van der Waals surface area contributed by atoms with Crippen molar-refractivity contribution in [3.8, 4) is 11.3 Å². The van der Waals surface area contributed by atoms with Crippen LogP contribution in [0.4, 0.5) is 5.95 Å². The van der Waals surface area contributed by atoms with Crippen molar-refractivity contribution < 1.29 is 0 Å². The lowest BCUT2D eigenvalue weighted by atomic mass is 10.1. The van der Waals surface area contributed by atoms with Gasteiger partial charge in [-0.15, -0.1) is 0 Å². The van der Waals surface area contributed by atoms with Gasteiger partial charge in [-0.05, 0) is 23.8 Å². The first-order valence-electron chi connectivity index (χ1n) is 9.19. The number of hydrogen-bond acceptors (Lipinski definition) is 6. The van der Waals surface area contributed by atoms with Gasteiger partial charge in [0.2, 0.25) is 5.95 Å². The predicted octanol–water partition coefficient (Wildman–Crippen LogP) is 4.69. The first-order chi connectivity index (χ1) is 14.4. The minimum Gasteiger partial charge on any atom is -0.253 e. The van der Waals surface area contributed by atoms with E-state index >= 15 is 0 Å². The van der Waals surface area contributed by atoms with Crippen LogP contribution in [-0.2, 0) is 0 Å². The third kappa shape index (κ3) is 3.51. The Labute approximate surface area is 167 Å². The number of fused-ring (bicyclic) bond motifs is 2. The molecule has 0 radical (unpaired) electrons. The minimum atomic E-state index is 0.444. The Morgan fingerprint density at radius 3 is 2.41 bits per heavy atom. The zero-order valence-electron chi connectivity index (χ0n) is 15.4. The van der Waals surface area contributed by atoms with E-state index in [1.807, 2.05) is 72.8 Å². The van der Waals surface area contributed by atoms with E-state index in [-0.39, 0.29) is 0 Å². The van der Waals surface area contributed by atoms with Gasteiger partial charge in [0.05, 0.1) is 28.5 Å². The number of hydrogen-bond donors (Lipinski definition) is 1. The normalized spacial score (nSPS) is 11.3. The molecule has 29 heavy (non-hydrogen) atoms. The van der Waals surface area contributed by atoms with Crippen LogP contribution in [0.1, 0.15) is 5.56 Å². The molecule has 138 valence electrons. The van der Waals surface area contributed by atoms with Crippen molar-refractivity contribution in [2.75, 3.05) is 5.43 Å². The molecule has 0 aliphatic carbocycles. The second-order valence-electron chi connectivity index (χ2n) is 6.45. The van der Waals surface area contributed by atoms with E-state index in [0.717, 1.165) is 38.8 Å². The molecule has 5 aromatic rings. The summed E-state index contributed by atoms with van der Waals surface area (Å²) in [6.45, 7) is 0. The fourth-order valence-corrected chi connectivity index (χ4v) is 3.17. The minimum absolute atomic E-state index is 0.444. The van der Waals surface area contributed by atoms with E-state index in [9.17, 15) is 0 Å². The number of nitrogens with zero attached hydrogens (tertiary/aromatic N) is 5. The van der Waals surface area contributed by atoms with E-state index in [0.29, 0.717) is 5.95 Å². The molecule has 0 saturated carbocycles. The molecule has 2 heterocycles. The quantitative estimate of drug-likeness (QED) is 0.364. The van der Waals surface area contributed by atoms with Gasteiger partial charge in [-0.1, -0.05) is 54.6 Å². The molecule has 1 N–H and O–H groups in total. The lowest BCUT2D eigenvalue weighted by molar-refractivity contribution is 1.16. The third-order valence-corrected chi connectivity index (χ3v) is 4.52. The number of rotatable bonds is 4. The van der Waals surface area contributed by atoms with Gasteiger partial charge in [0, 0.05) is 23.3 Å². The average Bonchev–Trinajstić information content (AvgIpc) is 2.79. The first-order valence-corrected chi connectivity index (χ1v) is 9.19. The van der Waals surface area contributed by atoms with E-state index in [1.54, 1.807) is 18.6 Å². The van der Waals surface area contributed by atoms with Crippen LogP contribution in [0.25, 0.3) is 33.2 Å². The highest BCUT2D eigenvalue weighted by molar-refractivity contribution is 5.93. The van der Waals surface area contributed by atoms with Crippen LogP contribution in [0.15, 0.2) is 90.3 Å². The molecule has 0 atom stereocenters.